The molecule has 54 heavy (non-hydrogen) atoms. The fourth-order valence-corrected chi connectivity index (χ4v) is 5.14. The monoisotopic (exact) mass is 812 g/mol. The lowest BCUT2D eigenvalue weighted by atomic mass is 10.1. The van der Waals surface area contributed by atoms with Gasteiger partial charge in [-0.2, -0.15) is 25.3 Å². The van der Waals surface area contributed by atoms with E-state index in [1.165, 1.54) is 0 Å². The normalized spacial score (nSPS) is 13.4. The Morgan fingerprint density at radius 2 is 0.870 bits per heavy atom. The number of nitrogens with two attached hydrogens (primary N) is 2. The van der Waals surface area contributed by atoms with E-state index in [-0.39, 0.29) is 37.2 Å². The first-order valence-electron chi connectivity index (χ1n) is 17.3. The number of nitrogens with one attached hydrogen (secondary N) is 6. The molecule has 0 spiro atoms. The molecule has 14 N–H and O–H groups in total. The van der Waals surface area contributed by atoms with Crippen molar-refractivity contribution < 1.29 is 58.8 Å². The number of carbonyl (C=O) groups is 8. The molecular formula is C30H56N10O12S2. The molecular weight excluding hydrogens is 757 g/mol. The summed E-state index contributed by atoms with van der Waals surface area (Å²) >= 11 is 8.01. The maximum atomic E-state index is 12.5. The summed E-state index contributed by atoms with van der Waals surface area (Å²) in [6.07, 6.45) is 1.27. The summed E-state index contributed by atoms with van der Waals surface area (Å²) in [4.78, 5) is 94.8. The molecule has 0 radical (unpaired) electrons. The van der Waals surface area contributed by atoms with E-state index in [4.69, 9.17) is 21.7 Å². The molecule has 0 unspecified atom stereocenters. The second kappa shape index (κ2) is 29.6. The van der Waals surface area contributed by atoms with Crippen LogP contribution in [0.3, 0.4) is 0 Å². The van der Waals surface area contributed by atoms with Gasteiger partial charge in [-0.15, -0.1) is 0 Å². The largest absolute Gasteiger partial charge is 0.480 e. The number of unbranched alkanes of at least 4 members (excludes halogenated alkanes) is 1. The molecule has 24 heteroatoms. The van der Waals surface area contributed by atoms with Gasteiger partial charge in [-0.25, -0.2) is 20.9 Å². The molecule has 0 aromatic rings. The second-order valence-corrected chi connectivity index (χ2v) is 12.6. The number of carboxylic acid groups (broad SMARTS) is 4. The van der Waals surface area contributed by atoms with E-state index in [1.807, 2.05) is 0 Å². The summed E-state index contributed by atoms with van der Waals surface area (Å²) in [6.45, 7) is 0.849. The molecule has 0 saturated heterocycles. The van der Waals surface area contributed by atoms with E-state index in [0.29, 0.717) is 65.0 Å². The first kappa shape index (κ1) is 50.2. The minimum absolute atomic E-state index is 0.116. The van der Waals surface area contributed by atoms with Crippen molar-refractivity contribution in [3.05, 3.63) is 0 Å². The van der Waals surface area contributed by atoms with Gasteiger partial charge in [0.2, 0.25) is 23.6 Å². The van der Waals surface area contributed by atoms with Crippen molar-refractivity contribution in [2.75, 3.05) is 63.9 Å². The third kappa shape index (κ3) is 23.8. The van der Waals surface area contributed by atoms with Gasteiger partial charge in [0.05, 0.1) is 0 Å². The van der Waals surface area contributed by atoms with Gasteiger partial charge < -0.3 is 53.2 Å². The summed E-state index contributed by atoms with van der Waals surface area (Å²) < 4.78 is 0. The van der Waals surface area contributed by atoms with Crippen molar-refractivity contribution in [1.82, 2.24) is 42.1 Å². The van der Waals surface area contributed by atoms with Crippen LogP contribution in [0.25, 0.3) is 0 Å². The van der Waals surface area contributed by atoms with Gasteiger partial charge in [0.1, 0.15) is 37.3 Å². The minimum Gasteiger partial charge on any atom is -0.480 e. The molecule has 310 valence electrons. The summed E-state index contributed by atoms with van der Waals surface area (Å²) in [5.74, 6) is -7.97. The predicted octanol–water partition coefficient (Wildman–Crippen LogP) is -4.23. The lowest BCUT2D eigenvalue weighted by Gasteiger charge is -2.29. The Kier molecular flexibility index (Phi) is 27.5. The highest BCUT2D eigenvalue weighted by atomic mass is 32.1. The fourth-order valence-electron chi connectivity index (χ4n) is 4.62. The number of nitrogens with zero attached hydrogens (tertiary/aromatic N) is 2. The zero-order chi connectivity index (χ0) is 41.1. The number of thiol groups is 2. The van der Waals surface area contributed by atoms with Gasteiger partial charge in [0, 0.05) is 50.5 Å². The van der Waals surface area contributed by atoms with Gasteiger partial charge in [-0.1, -0.05) is 0 Å². The Bertz CT molecular complexity index is 1130. The van der Waals surface area contributed by atoms with E-state index >= 15 is 0 Å². The van der Waals surface area contributed by atoms with E-state index in [0.717, 1.165) is 0 Å². The van der Waals surface area contributed by atoms with Crippen LogP contribution in [0.15, 0.2) is 0 Å². The molecule has 0 aromatic carbocycles. The number of hydrogen-bond donors (Lipinski definition) is 14. The van der Waals surface area contributed by atoms with Crippen molar-refractivity contribution in [1.29, 1.82) is 0 Å². The second-order valence-electron chi connectivity index (χ2n) is 11.9. The van der Waals surface area contributed by atoms with Crippen molar-refractivity contribution in [3.8, 4) is 0 Å². The van der Waals surface area contributed by atoms with Crippen LogP contribution in [-0.2, 0) is 38.4 Å². The Balaban J connectivity index is 5.24. The number of hydrazine groups is 2. The van der Waals surface area contributed by atoms with Gasteiger partial charge in [0.25, 0.3) is 0 Å². The Morgan fingerprint density at radius 3 is 1.15 bits per heavy atom. The maximum Gasteiger partial charge on any atom is 0.322 e. The quantitative estimate of drug-likeness (QED) is 0.0170. The average Bonchev–Trinajstić information content (AvgIpc) is 3.12. The maximum absolute atomic E-state index is 12.5. The summed E-state index contributed by atoms with van der Waals surface area (Å²) in [5.41, 5.74) is 17.2. The highest BCUT2D eigenvalue weighted by Crippen LogP contribution is 2.06. The lowest BCUT2D eigenvalue weighted by Crippen LogP contribution is -2.51. The van der Waals surface area contributed by atoms with Crippen LogP contribution in [0.4, 0.5) is 0 Å². The van der Waals surface area contributed by atoms with Crippen LogP contribution in [0, 0.1) is 0 Å². The summed E-state index contributed by atoms with van der Waals surface area (Å²) in [7, 11) is 0. The van der Waals surface area contributed by atoms with E-state index in [1.54, 1.807) is 10.0 Å². The highest BCUT2D eigenvalue weighted by molar-refractivity contribution is 7.80. The third-order valence-electron chi connectivity index (χ3n) is 7.46. The molecule has 0 rings (SSSR count). The number of aliphatic carboxylic acids is 4. The zero-order valence-corrected chi connectivity index (χ0v) is 31.8. The number of amides is 4. The minimum atomic E-state index is -1.27. The van der Waals surface area contributed by atoms with Crippen molar-refractivity contribution in [2.45, 2.75) is 75.5 Å². The number of hydrogen-bond acceptors (Lipinski definition) is 16. The first-order chi connectivity index (χ1) is 25.6. The topological polar surface area (TPSA) is 348 Å². The number of carbonyl (C=O) groups excluding carboxylic acids is 4. The van der Waals surface area contributed by atoms with E-state index in [9.17, 15) is 48.6 Å². The van der Waals surface area contributed by atoms with Crippen molar-refractivity contribution >= 4 is 72.8 Å². The molecule has 0 fully saturated rings. The first-order valence-corrected chi connectivity index (χ1v) is 18.5. The van der Waals surface area contributed by atoms with Crippen LogP contribution in [0.5, 0.6) is 0 Å². The van der Waals surface area contributed by atoms with E-state index < -0.39 is 84.8 Å². The molecule has 0 aliphatic heterocycles. The fraction of sp³-hybridized carbons (Fsp3) is 0.733. The summed E-state index contributed by atoms with van der Waals surface area (Å²) in [5, 5.41) is 49.6. The smallest absolute Gasteiger partial charge is 0.322 e. The Hall–Kier alpha value is -3.78. The van der Waals surface area contributed by atoms with Gasteiger partial charge in [-0.3, -0.25) is 38.4 Å². The molecule has 0 aliphatic carbocycles. The van der Waals surface area contributed by atoms with Crippen LogP contribution in [0.1, 0.15) is 51.4 Å². The average molecular weight is 813 g/mol. The van der Waals surface area contributed by atoms with Crippen LogP contribution in [-0.4, -0.2) is 166 Å². The molecule has 0 aromatic heterocycles. The molecule has 0 heterocycles. The molecule has 0 aliphatic rings. The van der Waals surface area contributed by atoms with Crippen LogP contribution >= 0.6 is 25.3 Å². The molecule has 4 amide bonds. The third-order valence-corrected chi connectivity index (χ3v) is 8.19. The molecule has 0 bridgehead atoms. The highest BCUT2D eigenvalue weighted by Gasteiger charge is 2.26. The SMILES string of the molecule is NCCCN(CCCCN(CCCN)N[C@@H](CCC(=O)N[C@@H](CS)C(=O)NCC(=O)O)C(=O)O)N[C@@H](CCC(=O)N[C@@H](CS)C(=O)NCC(=O)O)C(=O)O. The van der Waals surface area contributed by atoms with Crippen LogP contribution in [0.2, 0.25) is 0 Å². The van der Waals surface area contributed by atoms with Crippen LogP contribution < -0.4 is 43.6 Å². The predicted molar refractivity (Wildman–Crippen MR) is 200 cm³/mol. The van der Waals surface area contributed by atoms with Gasteiger partial charge in [0.15, 0.2) is 0 Å². The lowest BCUT2D eigenvalue weighted by molar-refractivity contribution is -0.142. The van der Waals surface area contributed by atoms with Crippen molar-refractivity contribution in [2.24, 2.45) is 11.5 Å². The molecule has 0 saturated carbocycles. The van der Waals surface area contributed by atoms with Crippen molar-refractivity contribution in [3.63, 3.8) is 0 Å². The number of rotatable bonds is 33. The number of carboxylic acids is 4. The Morgan fingerprint density at radius 1 is 0.537 bits per heavy atom. The summed E-state index contributed by atoms with van der Waals surface area (Å²) in [6, 6.07) is -4.60. The van der Waals surface area contributed by atoms with Gasteiger partial charge in [-0.05, 0) is 51.6 Å². The van der Waals surface area contributed by atoms with E-state index in [2.05, 4.69) is 57.4 Å². The van der Waals surface area contributed by atoms with Gasteiger partial charge >= 0.3 is 23.9 Å². The molecule has 4 atom stereocenters. The standard InChI is InChI=1S/C30H56N10O12S2/c31-9-3-13-39(37-19(29(49)50)5-7-23(41)35-21(17-53)27(47)33-15-25(43)44)11-1-2-12-40(14-4-10-32)38-20(30(51)52)6-8-24(42)36-22(18-54)28(48)34-16-26(45)46/h19-22,37-38,53-54H,1-18,31-32H2,(H,33,47)(H,34,48)(H,35,41)(H,36,42)(H,43,44)(H,45,46)(H,49,50)(H,51,52)/t19-,20-,21-,22-/m0/s1. The molecule has 22 nitrogen and oxygen atoms in total. The Labute approximate surface area is 324 Å². The zero-order valence-electron chi connectivity index (χ0n) is 30.0.